The van der Waals surface area contributed by atoms with Gasteiger partial charge in [0.1, 0.15) is 17.4 Å². The number of benzene rings is 2. The van der Waals surface area contributed by atoms with Crippen molar-refractivity contribution in [3.05, 3.63) is 63.6 Å². The highest BCUT2D eigenvalue weighted by atomic mass is 79.9. The lowest BCUT2D eigenvalue weighted by molar-refractivity contribution is -0.112. The van der Waals surface area contributed by atoms with Crippen LogP contribution >= 0.6 is 15.9 Å². The quantitative estimate of drug-likeness (QED) is 0.432. The molecule has 5 heteroatoms. The fourth-order valence-electron chi connectivity index (χ4n) is 2.53. The lowest BCUT2D eigenvalue weighted by atomic mass is 10.1. The van der Waals surface area contributed by atoms with E-state index in [9.17, 15) is 10.1 Å². The Morgan fingerprint density at radius 2 is 1.96 bits per heavy atom. The number of carbonyl (C=O) groups excluding carboxylic acids is 1. The summed E-state index contributed by atoms with van der Waals surface area (Å²) in [6, 6.07) is 15.1. The van der Waals surface area contributed by atoms with E-state index in [4.69, 9.17) is 4.74 Å². The molecule has 2 rings (SSSR count). The van der Waals surface area contributed by atoms with Gasteiger partial charge in [-0.2, -0.15) is 5.26 Å². The smallest absolute Gasteiger partial charge is 0.266 e. The molecule has 0 bridgehead atoms. The van der Waals surface area contributed by atoms with Crippen LogP contribution in [0.1, 0.15) is 37.8 Å². The summed E-state index contributed by atoms with van der Waals surface area (Å²) in [4.78, 5) is 12.5. The van der Waals surface area contributed by atoms with Gasteiger partial charge in [-0.1, -0.05) is 31.5 Å². The molecule has 0 aromatic heterocycles. The molecule has 140 valence electrons. The molecule has 0 spiro atoms. The van der Waals surface area contributed by atoms with E-state index in [0.29, 0.717) is 12.3 Å². The summed E-state index contributed by atoms with van der Waals surface area (Å²) in [6.45, 7) is 4.66. The van der Waals surface area contributed by atoms with Gasteiger partial charge >= 0.3 is 0 Å². The molecule has 0 saturated carbocycles. The van der Waals surface area contributed by atoms with Gasteiger partial charge in [0.15, 0.2) is 0 Å². The predicted octanol–water partition coefficient (Wildman–Crippen LogP) is 5.74. The van der Waals surface area contributed by atoms with Crippen molar-refractivity contribution in [1.82, 2.24) is 0 Å². The molecule has 0 aliphatic rings. The highest BCUT2D eigenvalue weighted by Crippen LogP contribution is 2.25. The number of aryl methyl sites for hydroxylation is 1. The van der Waals surface area contributed by atoms with Crippen molar-refractivity contribution in [1.29, 1.82) is 5.26 Å². The fraction of sp³-hybridized carbons (Fsp3) is 0.273. The van der Waals surface area contributed by atoms with Gasteiger partial charge in [0.05, 0.1) is 12.3 Å². The summed E-state index contributed by atoms with van der Waals surface area (Å²) >= 11 is 3.50. The highest BCUT2D eigenvalue weighted by Gasteiger charge is 2.12. The third-order valence-corrected chi connectivity index (χ3v) is 4.62. The summed E-state index contributed by atoms with van der Waals surface area (Å²) < 4.78 is 6.20. The van der Waals surface area contributed by atoms with Gasteiger partial charge in [-0.05, 0) is 77.2 Å². The molecular weight excluding hydrogens is 404 g/mol. The largest absolute Gasteiger partial charge is 0.494 e. The molecule has 2 aromatic carbocycles. The molecule has 27 heavy (non-hydrogen) atoms. The number of unbranched alkanes of at least 4 members (excludes halogenated alkanes) is 1. The normalized spacial score (nSPS) is 11.0. The van der Waals surface area contributed by atoms with Crippen LogP contribution in [0.3, 0.4) is 0 Å². The van der Waals surface area contributed by atoms with Crippen LogP contribution < -0.4 is 10.1 Å². The predicted molar refractivity (Wildman–Crippen MR) is 113 cm³/mol. The molecule has 2 aromatic rings. The molecule has 0 aliphatic carbocycles. The maximum absolute atomic E-state index is 12.5. The van der Waals surface area contributed by atoms with Gasteiger partial charge in [-0.15, -0.1) is 0 Å². The van der Waals surface area contributed by atoms with Crippen LogP contribution in [0.25, 0.3) is 6.08 Å². The first-order chi connectivity index (χ1) is 13.1. The zero-order chi connectivity index (χ0) is 19.6. The van der Waals surface area contributed by atoms with Gasteiger partial charge < -0.3 is 10.1 Å². The first-order valence-corrected chi connectivity index (χ1v) is 9.81. The number of hydrogen-bond acceptors (Lipinski definition) is 3. The minimum absolute atomic E-state index is 0.0427. The molecule has 0 saturated heterocycles. The number of hydrogen-bond donors (Lipinski definition) is 1. The van der Waals surface area contributed by atoms with Crippen molar-refractivity contribution < 1.29 is 9.53 Å². The number of carbonyl (C=O) groups is 1. The number of anilines is 1. The molecule has 0 fully saturated rings. The Bertz CT molecular complexity index is 852. The van der Waals surface area contributed by atoms with E-state index >= 15 is 0 Å². The molecule has 0 heterocycles. The first-order valence-electron chi connectivity index (χ1n) is 9.01. The van der Waals surface area contributed by atoms with Crippen LogP contribution in [0.15, 0.2) is 52.5 Å². The first kappa shape index (κ1) is 20.7. The lowest BCUT2D eigenvalue weighted by Gasteiger charge is -2.09. The zero-order valence-corrected chi connectivity index (χ0v) is 17.2. The van der Waals surface area contributed by atoms with Crippen LogP contribution in [0.5, 0.6) is 5.75 Å². The van der Waals surface area contributed by atoms with Gasteiger partial charge in [0, 0.05) is 4.47 Å². The minimum Gasteiger partial charge on any atom is -0.494 e. The van der Waals surface area contributed by atoms with Crippen LogP contribution in [0.4, 0.5) is 5.69 Å². The van der Waals surface area contributed by atoms with Crippen molar-refractivity contribution >= 4 is 33.6 Å². The van der Waals surface area contributed by atoms with Crippen molar-refractivity contribution in [3.8, 4) is 11.8 Å². The number of nitriles is 1. The Balaban J connectivity index is 2.11. The summed E-state index contributed by atoms with van der Waals surface area (Å²) in [7, 11) is 0. The van der Waals surface area contributed by atoms with Crippen molar-refractivity contribution in [3.63, 3.8) is 0 Å². The SMILES string of the molecule is CCCCc1ccc(NC(=O)/C(C#N)=C/c2ccc(OCC)cc2)c(Br)c1. The van der Waals surface area contributed by atoms with E-state index in [0.717, 1.165) is 35.0 Å². The molecule has 0 radical (unpaired) electrons. The number of halogens is 1. The molecular formula is C22H23BrN2O2. The summed E-state index contributed by atoms with van der Waals surface area (Å²) in [5.41, 5.74) is 2.67. The Hall–Kier alpha value is -2.58. The van der Waals surface area contributed by atoms with Gasteiger partial charge in [0.25, 0.3) is 5.91 Å². The Kier molecular flexibility index (Phi) is 8.09. The molecule has 0 unspecified atom stereocenters. The van der Waals surface area contributed by atoms with Crippen LogP contribution in [0.2, 0.25) is 0 Å². The van der Waals surface area contributed by atoms with Crippen molar-refractivity contribution in [2.24, 2.45) is 0 Å². The summed E-state index contributed by atoms with van der Waals surface area (Å²) in [5.74, 6) is 0.318. The molecule has 1 amide bonds. The van der Waals surface area contributed by atoms with E-state index in [2.05, 4.69) is 28.2 Å². The monoisotopic (exact) mass is 426 g/mol. The van der Waals surface area contributed by atoms with Crippen LogP contribution in [-0.4, -0.2) is 12.5 Å². The average Bonchev–Trinajstić information content (AvgIpc) is 2.67. The van der Waals surface area contributed by atoms with E-state index in [-0.39, 0.29) is 5.57 Å². The second-order valence-electron chi connectivity index (χ2n) is 6.04. The van der Waals surface area contributed by atoms with E-state index < -0.39 is 5.91 Å². The highest BCUT2D eigenvalue weighted by molar-refractivity contribution is 9.10. The molecule has 4 nitrogen and oxygen atoms in total. The Morgan fingerprint density at radius 1 is 1.22 bits per heavy atom. The van der Waals surface area contributed by atoms with E-state index in [1.807, 2.05) is 55.5 Å². The molecule has 1 N–H and O–H groups in total. The summed E-state index contributed by atoms with van der Waals surface area (Å²) in [6.07, 6.45) is 4.83. The lowest BCUT2D eigenvalue weighted by Crippen LogP contribution is -2.14. The van der Waals surface area contributed by atoms with Gasteiger partial charge in [-0.25, -0.2) is 0 Å². The van der Waals surface area contributed by atoms with Gasteiger partial charge in [-0.3, -0.25) is 4.79 Å². The number of nitrogens with zero attached hydrogens (tertiary/aromatic N) is 1. The fourth-order valence-corrected chi connectivity index (χ4v) is 3.05. The number of rotatable bonds is 8. The summed E-state index contributed by atoms with van der Waals surface area (Å²) in [5, 5.41) is 12.2. The number of nitrogens with one attached hydrogen (secondary N) is 1. The average molecular weight is 427 g/mol. The second-order valence-corrected chi connectivity index (χ2v) is 6.90. The van der Waals surface area contributed by atoms with Gasteiger partial charge in [0.2, 0.25) is 0 Å². The standard InChI is InChI=1S/C22H23BrN2O2/c1-3-5-6-16-9-12-21(20(23)14-16)25-22(26)18(15-24)13-17-7-10-19(11-8-17)27-4-2/h7-14H,3-6H2,1-2H3,(H,25,26)/b18-13+. The van der Waals surface area contributed by atoms with Crippen LogP contribution in [0, 0.1) is 11.3 Å². The second kappa shape index (κ2) is 10.5. The third kappa shape index (κ3) is 6.26. The van der Waals surface area contributed by atoms with E-state index in [1.54, 1.807) is 6.08 Å². The third-order valence-electron chi connectivity index (χ3n) is 3.97. The maximum Gasteiger partial charge on any atom is 0.266 e. The van der Waals surface area contributed by atoms with E-state index in [1.165, 1.54) is 5.56 Å². The number of ether oxygens (including phenoxy) is 1. The minimum atomic E-state index is -0.437. The zero-order valence-electron chi connectivity index (χ0n) is 15.6. The maximum atomic E-state index is 12.5. The van der Waals surface area contributed by atoms with Crippen LogP contribution in [-0.2, 0) is 11.2 Å². The molecule has 0 atom stereocenters. The van der Waals surface area contributed by atoms with Crippen molar-refractivity contribution in [2.45, 2.75) is 33.1 Å². The molecule has 0 aliphatic heterocycles. The Morgan fingerprint density at radius 3 is 2.56 bits per heavy atom. The Labute approximate surface area is 169 Å². The van der Waals surface area contributed by atoms with Crippen molar-refractivity contribution in [2.75, 3.05) is 11.9 Å². The topological polar surface area (TPSA) is 62.1 Å². The number of amides is 1.